The molecule has 0 unspecified atom stereocenters. The molecule has 0 saturated heterocycles. The number of carbonyl (C=O) groups is 2. The second-order valence-electron chi connectivity index (χ2n) is 3.12. The fourth-order valence-corrected chi connectivity index (χ4v) is 1.22. The Kier molecular flexibility index (Phi) is 6.20. The molecule has 0 atom stereocenters. The van der Waals surface area contributed by atoms with Gasteiger partial charge in [-0.05, 0) is 27.2 Å². The van der Waals surface area contributed by atoms with E-state index in [0.717, 1.165) is 13.1 Å². The van der Waals surface area contributed by atoms with Crippen molar-refractivity contribution in [3.63, 3.8) is 0 Å². The summed E-state index contributed by atoms with van der Waals surface area (Å²) in [5.74, 6) is 0.318. The van der Waals surface area contributed by atoms with E-state index in [4.69, 9.17) is 0 Å². The molecule has 0 N–H and O–H groups in total. The van der Waals surface area contributed by atoms with E-state index in [-0.39, 0.29) is 11.7 Å². The average Bonchev–Trinajstić information content (AvgIpc) is 2.05. The Morgan fingerprint density at radius 1 is 1.08 bits per heavy atom. The zero-order chi connectivity index (χ0) is 10.3. The largest absolute Gasteiger partial charge is 0.343 e. The Labute approximate surface area is 80.1 Å². The maximum Gasteiger partial charge on any atom is 0.222 e. The van der Waals surface area contributed by atoms with Gasteiger partial charge in [-0.2, -0.15) is 0 Å². The summed E-state index contributed by atoms with van der Waals surface area (Å²) in [5.41, 5.74) is 0. The van der Waals surface area contributed by atoms with Crippen LogP contribution in [0, 0.1) is 0 Å². The lowest BCUT2D eigenvalue weighted by atomic mass is 10.2. The van der Waals surface area contributed by atoms with Crippen molar-refractivity contribution in [2.24, 2.45) is 0 Å². The molecule has 0 bridgehead atoms. The zero-order valence-corrected chi connectivity index (χ0v) is 8.80. The van der Waals surface area contributed by atoms with Gasteiger partial charge in [0.15, 0.2) is 0 Å². The van der Waals surface area contributed by atoms with Gasteiger partial charge in [-0.25, -0.2) is 0 Å². The highest BCUT2D eigenvalue weighted by Gasteiger charge is 2.08. The Bertz CT molecular complexity index is 174. The van der Waals surface area contributed by atoms with Crippen LogP contribution < -0.4 is 0 Å². The first-order valence-electron chi connectivity index (χ1n) is 4.89. The third-order valence-electron chi connectivity index (χ3n) is 2.04. The van der Waals surface area contributed by atoms with Crippen LogP contribution in [-0.4, -0.2) is 29.7 Å². The van der Waals surface area contributed by atoms with E-state index in [0.29, 0.717) is 19.3 Å². The molecular weight excluding hydrogens is 166 g/mol. The molecule has 0 aliphatic carbocycles. The smallest absolute Gasteiger partial charge is 0.222 e. The lowest BCUT2D eigenvalue weighted by Gasteiger charge is -2.18. The van der Waals surface area contributed by atoms with Crippen LogP contribution in [0.2, 0.25) is 0 Å². The van der Waals surface area contributed by atoms with Gasteiger partial charge >= 0.3 is 0 Å². The number of nitrogens with zero attached hydrogens (tertiary/aromatic N) is 1. The van der Waals surface area contributed by atoms with Gasteiger partial charge in [-0.15, -0.1) is 0 Å². The molecule has 3 heteroatoms. The first-order valence-corrected chi connectivity index (χ1v) is 4.89. The van der Waals surface area contributed by atoms with Crippen LogP contribution >= 0.6 is 0 Å². The third-order valence-corrected chi connectivity index (χ3v) is 2.04. The van der Waals surface area contributed by atoms with Crippen molar-refractivity contribution in [3.05, 3.63) is 0 Å². The topological polar surface area (TPSA) is 37.4 Å². The highest BCUT2D eigenvalue weighted by molar-refractivity contribution is 5.78. The summed E-state index contributed by atoms with van der Waals surface area (Å²) in [6.07, 6.45) is 1.71. The summed E-state index contributed by atoms with van der Waals surface area (Å²) in [4.78, 5) is 23.8. The van der Waals surface area contributed by atoms with E-state index in [1.54, 1.807) is 11.8 Å². The number of carbonyl (C=O) groups excluding carboxylic acids is 2. The van der Waals surface area contributed by atoms with Gasteiger partial charge in [0.1, 0.15) is 5.78 Å². The van der Waals surface area contributed by atoms with Gasteiger partial charge in [0, 0.05) is 25.9 Å². The molecule has 0 fully saturated rings. The van der Waals surface area contributed by atoms with Crippen molar-refractivity contribution in [1.82, 2.24) is 4.90 Å². The molecular formula is C10H19NO2. The standard InChI is InChI=1S/C10H19NO2/c1-4-11(5-2)10(13)8-6-7-9(3)12/h4-8H2,1-3H3. The van der Waals surface area contributed by atoms with Crippen LogP contribution in [0.1, 0.15) is 40.0 Å². The summed E-state index contributed by atoms with van der Waals surface area (Å²) >= 11 is 0. The van der Waals surface area contributed by atoms with Crippen LogP contribution in [-0.2, 0) is 9.59 Å². The number of Topliss-reactive ketones (excluding diaryl/α,β-unsaturated/α-hetero) is 1. The number of amides is 1. The zero-order valence-electron chi connectivity index (χ0n) is 8.80. The Balaban J connectivity index is 3.66. The molecule has 1 amide bonds. The van der Waals surface area contributed by atoms with Gasteiger partial charge < -0.3 is 9.69 Å². The molecule has 0 rings (SSSR count). The van der Waals surface area contributed by atoms with Crippen LogP contribution in [0.5, 0.6) is 0 Å². The van der Waals surface area contributed by atoms with Crippen molar-refractivity contribution in [2.75, 3.05) is 13.1 Å². The molecule has 76 valence electrons. The van der Waals surface area contributed by atoms with Gasteiger partial charge in [0.05, 0.1) is 0 Å². The first-order chi connectivity index (χ1) is 6.11. The van der Waals surface area contributed by atoms with Gasteiger partial charge in [-0.3, -0.25) is 4.79 Å². The molecule has 0 aliphatic heterocycles. The number of hydrogen-bond donors (Lipinski definition) is 0. The normalized spacial score (nSPS) is 9.77. The molecule has 3 nitrogen and oxygen atoms in total. The van der Waals surface area contributed by atoms with E-state index < -0.39 is 0 Å². The van der Waals surface area contributed by atoms with Crippen molar-refractivity contribution >= 4 is 11.7 Å². The lowest BCUT2D eigenvalue weighted by molar-refractivity contribution is -0.131. The number of rotatable bonds is 6. The fourth-order valence-electron chi connectivity index (χ4n) is 1.22. The first kappa shape index (κ1) is 12.1. The van der Waals surface area contributed by atoms with Gasteiger partial charge in [-0.1, -0.05) is 0 Å². The van der Waals surface area contributed by atoms with Crippen LogP contribution in [0.4, 0.5) is 0 Å². The van der Waals surface area contributed by atoms with Gasteiger partial charge in [0.2, 0.25) is 5.91 Å². The summed E-state index contributed by atoms with van der Waals surface area (Å²) in [7, 11) is 0. The average molecular weight is 185 g/mol. The van der Waals surface area contributed by atoms with E-state index in [9.17, 15) is 9.59 Å². The van der Waals surface area contributed by atoms with E-state index >= 15 is 0 Å². The van der Waals surface area contributed by atoms with Crippen molar-refractivity contribution in [3.8, 4) is 0 Å². The van der Waals surface area contributed by atoms with Crippen LogP contribution in [0.25, 0.3) is 0 Å². The number of ketones is 1. The molecule has 0 aliphatic rings. The van der Waals surface area contributed by atoms with E-state index in [2.05, 4.69) is 0 Å². The molecule has 0 saturated carbocycles. The van der Waals surface area contributed by atoms with E-state index in [1.807, 2.05) is 13.8 Å². The maximum atomic E-state index is 11.4. The van der Waals surface area contributed by atoms with Crippen molar-refractivity contribution in [2.45, 2.75) is 40.0 Å². The quantitative estimate of drug-likeness (QED) is 0.630. The Morgan fingerprint density at radius 3 is 2.00 bits per heavy atom. The summed E-state index contributed by atoms with van der Waals surface area (Å²) < 4.78 is 0. The molecule has 0 spiro atoms. The lowest BCUT2D eigenvalue weighted by Crippen LogP contribution is -2.30. The summed E-state index contributed by atoms with van der Waals surface area (Å²) in [5, 5.41) is 0. The second-order valence-corrected chi connectivity index (χ2v) is 3.12. The molecule has 0 aromatic heterocycles. The van der Waals surface area contributed by atoms with Crippen molar-refractivity contribution < 1.29 is 9.59 Å². The van der Waals surface area contributed by atoms with Crippen molar-refractivity contribution in [1.29, 1.82) is 0 Å². The van der Waals surface area contributed by atoms with Gasteiger partial charge in [0.25, 0.3) is 0 Å². The molecule has 0 heterocycles. The predicted molar refractivity (Wildman–Crippen MR) is 52.5 cm³/mol. The SMILES string of the molecule is CCN(CC)C(=O)CCCC(C)=O. The predicted octanol–water partition coefficient (Wildman–Crippen LogP) is 1.61. The minimum Gasteiger partial charge on any atom is -0.343 e. The molecule has 0 aromatic carbocycles. The van der Waals surface area contributed by atoms with E-state index in [1.165, 1.54) is 0 Å². The van der Waals surface area contributed by atoms with Crippen LogP contribution in [0.15, 0.2) is 0 Å². The molecule has 13 heavy (non-hydrogen) atoms. The fraction of sp³-hybridized carbons (Fsp3) is 0.800. The minimum atomic E-state index is 0.159. The van der Waals surface area contributed by atoms with Crippen LogP contribution in [0.3, 0.4) is 0 Å². The second kappa shape index (κ2) is 6.63. The molecule has 0 aromatic rings. The summed E-state index contributed by atoms with van der Waals surface area (Å²) in [6.45, 7) is 7.01. The minimum absolute atomic E-state index is 0.159. The maximum absolute atomic E-state index is 11.4. The Hall–Kier alpha value is -0.860. The monoisotopic (exact) mass is 185 g/mol. The molecule has 0 radical (unpaired) electrons. The summed E-state index contributed by atoms with van der Waals surface area (Å²) in [6, 6.07) is 0. The highest BCUT2D eigenvalue weighted by Crippen LogP contribution is 2.01. The third kappa shape index (κ3) is 5.39. The highest BCUT2D eigenvalue weighted by atomic mass is 16.2. The number of hydrogen-bond acceptors (Lipinski definition) is 2. The Morgan fingerprint density at radius 2 is 1.62 bits per heavy atom.